The maximum atomic E-state index is 9.84. The molecule has 0 aromatic heterocycles. The van der Waals surface area contributed by atoms with E-state index in [0.717, 1.165) is 48.8 Å². The molecule has 0 unspecified atom stereocenters. The van der Waals surface area contributed by atoms with Crippen LogP contribution in [-0.4, -0.2) is 39.8 Å². The minimum atomic E-state index is -0.271. The van der Waals surface area contributed by atoms with Gasteiger partial charge in [-0.2, -0.15) is 10.5 Å². The first kappa shape index (κ1) is 18.6. The molecule has 3 aliphatic heterocycles. The average Bonchev–Trinajstić information content (AvgIpc) is 3.44. The van der Waals surface area contributed by atoms with E-state index in [1.54, 1.807) is 0 Å². The number of fused-ring (bicyclic) bond motifs is 2. The number of ether oxygens (including phenoxy) is 4. The lowest BCUT2D eigenvalue weighted by molar-refractivity contribution is -1.03. The average molecular weight is 406 g/mol. The molecule has 1 fully saturated rings. The molecule has 0 amide bonds. The molecule has 2 N–H and O–H groups in total. The summed E-state index contributed by atoms with van der Waals surface area (Å²) in [7, 11) is 0. The lowest BCUT2D eigenvalue weighted by Crippen LogP contribution is -3.28. The van der Waals surface area contributed by atoms with E-state index in [0.29, 0.717) is 11.5 Å². The van der Waals surface area contributed by atoms with Gasteiger partial charge in [-0.05, 0) is 36.4 Å². The molecule has 0 spiro atoms. The third kappa shape index (κ3) is 3.26. The zero-order chi connectivity index (χ0) is 20.5. The highest BCUT2D eigenvalue weighted by molar-refractivity contribution is 5.46. The first-order chi connectivity index (χ1) is 14.8. The second-order valence-electron chi connectivity index (χ2n) is 7.67. The number of piperazine rings is 1. The molecule has 2 aromatic carbocycles. The highest BCUT2D eigenvalue weighted by Crippen LogP contribution is 2.34. The van der Waals surface area contributed by atoms with Crippen molar-refractivity contribution in [2.75, 3.05) is 39.8 Å². The van der Waals surface area contributed by atoms with Gasteiger partial charge in [0.1, 0.15) is 38.3 Å². The van der Waals surface area contributed by atoms with Crippen LogP contribution in [0.1, 0.15) is 23.2 Å². The van der Waals surface area contributed by atoms with Gasteiger partial charge in [-0.25, -0.2) is 0 Å². The topological polar surface area (TPSA) is 93.4 Å². The van der Waals surface area contributed by atoms with Gasteiger partial charge in [-0.1, -0.05) is 0 Å². The number of nitriles is 2. The molecule has 0 bridgehead atoms. The Balaban J connectivity index is 1.28. The van der Waals surface area contributed by atoms with Gasteiger partial charge in [0.2, 0.25) is 25.7 Å². The Bertz CT molecular complexity index is 953. The molecule has 3 aliphatic rings. The second-order valence-corrected chi connectivity index (χ2v) is 7.67. The summed E-state index contributed by atoms with van der Waals surface area (Å²) in [5.74, 6) is 2.84. The highest BCUT2D eigenvalue weighted by atomic mass is 16.7. The van der Waals surface area contributed by atoms with Gasteiger partial charge < -0.3 is 28.7 Å². The van der Waals surface area contributed by atoms with Crippen molar-refractivity contribution in [1.82, 2.24) is 0 Å². The number of nitrogens with one attached hydrogen (secondary N) is 2. The molecule has 1 saturated heterocycles. The van der Waals surface area contributed by atoms with Crippen molar-refractivity contribution in [2.45, 2.75) is 12.1 Å². The number of hydrogen-bond acceptors (Lipinski definition) is 6. The van der Waals surface area contributed by atoms with E-state index < -0.39 is 0 Å². The Kier molecular flexibility index (Phi) is 4.80. The normalized spacial score (nSPS) is 23.3. The monoisotopic (exact) mass is 406 g/mol. The van der Waals surface area contributed by atoms with Gasteiger partial charge in [0.15, 0.2) is 23.0 Å². The van der Waals surface area contributed by atoms with E-state index in [4.69, 9.17) is 18.9 Å². The Labute approximate surface area is 174 Å². The zero-order valence-corrected chi connectivity index (χ0v) is 16.4. The van der Waals surface area contributed by atoms with Crippen LogP contribution in [0.5, 0.6) is 23.0 Å². The minimum absolute atomic E-state index is 0.223. The molecule has 2 aromatic rings. The zero-order valence-electron chi connectivity index (χ0n) is 16.4. The summed E-state index contributed by atoms with van der Waals surface area (Å²) in [6.07, 6.45) is 0. The quantitative estimate of drug-likeness (QED) is 0.728. The molecule has 3 heterocycles. The van der Waals surface area contributed by atoms with Crippen molar-refractivity contribution < 1.29 is 28.7 Å². The lowest BCUT2D eigenvalue weighted by Gasteiger charge is -2.34. The third-order valence-electron chi connectivity index (χ3n) is 6.07. The van der Waals surface area contributed by atoms with Gasteiger partial charge >= 0.3 is 0 Å². The standard InChI is InChI=1S/C22H20N4O4/c23-11-17(15-1-3-19-21(9-15)29-13-27-19)25-5-7-26(8-6-25)18(12-24)16-2-4-20-22(10-16)30-14-28-20/h1-4,9-10,17-18H,5-8,13-14H2/p+2/t17-,18-/m0/s1. The van der Waals surface area contributed by atoms with Crippen molar-refractivity contribution in [3.63, 3.8) is 0 Å². The SMILES string of the molecule is N#C[C@@H](c1ccc2c(c1)OCO2)[NH+]1CC[NH+]([C@@H](C#N)c2ccc3c(c2)OCO3)CC1. The van der Waals surface area contributed by atoms with Gasteiger partial charge in [-0.15, -0.1) is 0 Å². The molecular weight excluding hydrogens is 384 g/mol. The van der Waals surface area contributed by atoms with Crippen LogP contribution in [0.4, 0.5) is 0 Å². The summed E-state index contributed by atoms with van der Waals surface area (Å²) in [5.41, 5.74) is 1.88. The summed E-state index contributed by atoms with van der Waals surface area (Å²) in [5, 5.41) is 19.7. The van der Waals surface area contributed by atoms with E-state index in [1.165, 1.54) is 9.80 Å². The molecule has 8 nitrogen and oxygen atoms in total. The number of quaternary nitrogens is 2. The van der Waals surface area contributed by atoms with E-state index in [1.807, 2.05) is 36.4 Å². The van der Waals surface area contributed by atoms with Crippen LogP contribution in [0.25, 0.3) is 0 Å². The first-order valence-electron chi connectivity index (χ1n) is 10.0. The van der Waals surface area contributed by atoms with Crippen molar-refractivity contribution in [3.8, 4) is 35.1 Å². The molecule has 152 valence electrons. The van der Waals surface area contributed by atoms with Crippen LogP contribution in [0.2, 0.25) is 0 Å². The predicted octanol–water partition coefficient (Wildman–Crippen LogP) is -0.243. The van der Waals surface area contributed by atoms with Crippen LogP contribution in [0.15, 0.2) is 36.4 Å². The van der Waals surface area contributed by atoms with Crippen molar-refractivity contribution in [1.29, 1.82) is 10.5 Å². The maximum absolute atomic E-state index is 9.84. The summed E-state index contributed by atoms with van der Waals surface area (Å²) >= 11 is 0. The summed E-state index contributed by atoms with van der Waals surface area (Å²) in [6, 6.07) is 15.8. The lowest BCUT2D eigenvalue weighted by atomic mass is 10.0. The van der Waals surface area contributed by atoms with E-state index in [9.17, 15) is 10.5 Å². The van der Waals surface area contributed by atoms with Crippen LogP contribution >= 0.6 is 0 Å². The Morgan fingerprint density at radius 1 is 0.633 bits per heavy atom. The molecule has 8 heteroatoms. The van der Waals surface area contributed by atoms with E-state index in [2.05, 4.69) is 12.1 Å². The first-order valence-corrected chi connectivity index (χ1v) is 10.0. The van der Waals surface area contributed by atoms with Crippen molar-refractivity contribution in [2.24, 2.45) is 0 Å². The van der Waals surface area contributed by atoms with Crippen LogP contribution in [-0.2, 0) is 0 Å². The fourth-order valence-corrected chi connectivity index (χ4v) is 4.46. The molecular formula is C22H22N4O4+2. The smallest absolute Gasteiger partial charge is 0.231 e. The molecule has 0 radical (unpaired) electrons. The molecule has 0 saturated carbocycles. The maximum Gasteiger partial charge on any atom is 0.231 e. The van der Waals surface area contributed by atoms with E-state index in [-0.39, 0.29) is 25.7 Å². The number of rotatable bonds is 4. The Morgan fingerprint density at radius 2 is 1.03 bits per heavy atom. The van der Waals surface area contributed by atoms with Gasteiger partial charge in [0, 0.05) is 11.1 Å². The van der Waals surface area contributed by atoms with E-state index >= 15 is 0 Å². The molecule has 0 aliphatic carbocycles. The summed E-state index contributed by atoms with van der Waals surface area (Å²) < 4.78 is 21.7. The summed E-state index contributed by atoms with van der Waals surface area (Å²) in [4.78, 5) is 2.42. The highest BCUT2D eigenvalue weighted by Gasteiger charge is 2.35. The molecule has 30 heavy (non-hydrogen) atoms. The predicted molar refractivity (Wildman–Crippen MR) is 103 cm³/mol. The fraction of sp³-hybridized carbons (Fsp3) is 0.364. The van der Waals surface area contributed by atoms with Crippen molar-refractivity contribution in [3.05, 3.63) is 47.5 Å². The number of benzene rings is 2. The second kappa shape index (κ2) is 7.75. The molecule has 2 atom stereocenters. The largest absolute Gasteiger partial charge is 0.454 e. The Hall–Kier alpha value is -3.46. The van der Waals surface area contributed by atoms with Crippen LogP contribution in [0, 0.1) is 22.7 Å². The Morgan fingerprint density at radius 3 is 1.43 bits per heavy atom. The summed E-state index contributed by atoms with van der Waals surface area (Å²) in [6.45, 7) is 3.69. The number of nitrogens with zero attached hydrogens (tertiary/aromatic N) is 2. The minimum Gasteiger partial charge on any atom is -0.454 e. The van der Waals surface area contributed by atoms with Gasteiger partial charge in [0.05, 0.1) is 0 Å². The van der Waals surface area contributed by atoms with Crippen LogP contribution in [0.3, 0.4) is 0 Å². The van der Waals surface area contributed by atoms with Crippen molar-refractivity contribution >= 4 is 0 Å². The third-order valence-corrected chi connectivity index (χ3v) is 6.07. The molecule has 5 rings (SSSR count). The van der Waals surface area contributed by atoms with Gasteiger partial charge in [-0.3, -0.25) is 0 Å². The number of hydrogen-bond donors (Lipinski definition) is 2. The van der Waals surface area contributed by atoms with Gasteiger partial charge in [0.25, 0.3) is 0 Å². The fourth-order valence-electron chi connectivity index (χ4n) is 4.46. The van der Waals surface area contributed by atoms with Crippen LogP contribution < -0.4 is 28.7 Å².